The molecule has 28 heteroatoms. The molecular formula is C48H88BFN9O15SW-. The molecule has 24 nitrogen and oxygen atoms in total. The summed E-state index contributed by atoms with van der Waals surface area (Å²) in [7, 11) is 5.01. The standard InChI is InChI=1S/C28H53N2O8.C14H25BN4O6S.C6H10FN3O.W/c1-2-36-23-24-37-22-20-29-26(31)19-18-25(28(34)35)30-38-21-16-14-12-10-8-6-4-3-5-7-9-11-13-15-17-27(32)33;15-14(23)11(16)8-26-9-13(22)19-2-1-18-12(21)7-25-6-5-24-4-3-17-10-20;7-11-3-5(8)1-6-2-9-4-10-6;/h25H,2-24H2,1H3,(H,29,31)(H,32,33)(H,34,35);10-11H,1-9,16H2,(H,17,20)(H,18,21)(H,19,22);2,4-5H,1,3,8H2,(H,9,10);/q-1;;;. The van der Waals surface area contributed by atoms with Crippen molar-refractivity contribution in [3.05, 3.63) is 23.7 Å². The van der Waals surface area contributed by atoms with Crippen LogP contribution in [0.3, 0.4) is 0 Å². The molecule has 1 rings (SSSR count). The van der Waals surface area contributed by atoms with Crippen molar-refractivity contribution in [2.75, 3.05) is 104 Å². The SMILES string of the molecule is CCOCCOCCNC(=O)CCC([N-]OCCCCCCCCCCCCCCCCC(=O)O)C(=O)O.NC(COF)Cc1cnc[nH]1.[B]C(=O)C(N)CSCC(=O)NCCNC(=O)COCCOCCNC=O.[W]. The molecule has 0 aromatic carbocycles. The minimum Gasteiger partial charge on any atom is -0.522 e. The van der Waals surface area contributed by atoms with Crippen molar-refractivity contribution in [1.82, 2.24) is 31.2 Å². The number of hydrogen-bond acceptors (Lipinski definition) is 17. The Morgan fingerprint density at radius 2 is 1.30 bits per heavy atom. The zero-order valence-corrected chi connectivity index (χ0v) is 48.3. The number of H-pyrrole nitrogens is 1. The van der Waals surface area contributed by atoms with Gasteiger partial charge in [-0.3, -0.25) is 28.8 Å². The number of nitrogens with two attached hydrogens (primary N) is 2. The summed E-state index contributed by atoms with van der Waals surface area (Å²) in [5.41, 5.74) is 15.0. The average molecular weight is 1280 g/mol. The van der Waals surface area contributed by atoms with E-state index in [2.05, 4.69) is 41.7 Å². The molecule has 0 fully saturated rings. The molecule has 76 heavy (non-hydrogen) atoms. The van der Waals surface area contributed by atoms with E-state index >= 15 is 0 Å². The Morgan fingerprint density at radius 1 is 0.750 bits per heavy atom. The van der Waals surface area contributed by atoms with Crippen molar-refractivity contribution in [3.63, 3.8) is 0 Å². The molecular weight excluding hydrogens is 1190 g/mol. The molecule has 438 valence electrons. The van der Waals surface area contributed by atoms with Gasteiger partial charge in [0, 0.05) is 103 Å². The fraction of sp³-hybridized carbons (Fsp3) is 0.792. The summed E-state index contributed by atoms with van der Waals surface area (Å²) in [6.45, 7) is 6.44. The average Bonchev–Trinajstić information content (AvgIpc) is 3.89. The van der Waals surface area contributed by atoms with E-state index in [0.717, 1.165) is 44.2 Å². The predicted octanol–water partition coefficient (Wildman–Crippen LogP) is 2.56. The van der Waals surface area contributed by atoms with Gasteiger partial charge in [-0.1, -0.05) is 77.0 Å². The van der Waals surface area contributed by atoms with Crippen LogP contribution in [-0.4, -0.2) is 192 Å². The van der Waals surface area contributed by atoms with E-state index in [4.69, 9.17) is 48.2 Å². The molecule has 3 atom stereocenters. The first-order chi connectivity index (χ1) is 36.3. The number of rotatable bonds is 51. The van der Waals surface area contributed by atoms with Crippen LogP contribution in [0.1, 0.15) is 122 Å². The Bertz CT molecular complexity index is 1560. The number of aliphatic carboxylic acids is 2. The normalized spacial score (nSPS) is 11.8. The van der Waals surface area contributed by atoms with Gasteiger partial charge in [0.1, 0.15) is 13.2 Å². The summed E-state index contributed by atoms with van der Waals surface area (Å²) >= 11 is 1.21. The van der Waals surface area contributed by atoms with Gasteiger partial charge in [-0.25, -0.2) is 4.98 Å². The number of halogens is 1. The Balaban J connectivity index is -0.00000120. The molecule has 1 aromatic rings. The van der Waals surface area contributed by atoms with Gasteiger partial charge < -0.3 is 82.0 Å². The van der Waals surface area contributed by atoms with Crippen molar-refractivity contribution in [3.8, 4) is 0 Å². The molecule has 11 N–H and O–H groups in total. The molecule has 2 radical (unpaired) electrons. The number of ether oxygens (including phenoxy) is 4. The first kappa shape index (κ1) is 76.6. The van der Waals surface area contributed by atoms with Crippen LogP contribution < -0.4 is 32.7 Å². The Kier molecular flexibility index (Phi) is 59.5. The minimum atomic E-state index is -1.09. The van der Waals surface area contributed by atoms with E-state index < -0.39 is 29.7 Å². The van der Waals surface area contributed by atoms with Crippen molar-refractivity contribution in [2.45, 2.75) is 141 Å². The maximum absolute atomic E-state index is 11.9. The van der Waals surface area contributed by atoms with Crippen molar-refractivity contribution >= 4 is 61.4 Å². The predicted molar refractivity (Wildman–Crippen MR) is 282 cm³/mol. The molecule has 0 aliphatic rings. The number of carboxylic acid groups (broad SMARTS) is 2. The molecule has 0 aliphatic heterocycles. The quantitative estimate of drug-likeness (QED) is 0.0196. The van der Waals surface area contributed by atoms with Crippen LogP contribution in [0.2, 0.25) is 0 Å². The number of imidazole rings is 1. The van der Waals surface area contributed by atoms with E-state index in [1.54, 1.807) is 12.5 Å². The van der Waals surface area contributed by atoms with Gasteiger partial charge in [-0.15, -0.1) is 11.8 Å². The van der Waals surface area contributed by atoms with Gasteiger partial charge in [-0.05, 0) is 36.8 Å². The van der Waals surface area contributed by atoms with Gasteiger partial charge in [0.05, 0.1) is 63.4 Å². The third-order valence-corrected chi connectivity index (χ3v) is 11.3. The summed E-state index contributed by atoms with van der Waals surface area (Å²) in [6, 6.07) is -2.13. The topological polar surface area (TPSA) is 358 Å². The number of nitrogens with one attached hydrogen (secondary N) is 5. The van der Waals surface area contributed by atoms with E-state index in [0.29, 0.717) is 78.6 Å². The van der Waals surface area contributed by atoms with Crippen LogP contribution in [0.25, 0.3) is 5.48 Å². The largest absolute Gasteiger partial charge is 0.522 e. The number of amides is 4. The summed E-state index contributed by atoms with van der Waals surface area (Å²) in [5.74, 6) is -2.12. The summed E-state index contributed by atoms with van der Waals surface area (Å²) in [6.07, 6.45) is 20.8. The van der Waals surface area contributed by atoms with Crippen LogP contribution in [0.4, 0.5) is 4.53 Å². The van der Waals surface area contributed by atoms with E-state index in [9.17, 15) is 43.2 Å². The van der Waals surface area contributed by atoms with Crippen LogP contribution >= 0.6 is 11.8 Å². The number of hydroxylamine groups is 1. The maximum Gasteiger partial charge on any atom is 0.303 e. The second kappa shape index (κ2) is 59.0. The number of carbonyl (C=O) groups excluding carboxylic acids is 5. The number of nitrogens with zero attached hydrogens (tertiary/aromatic N) is 2. The first-order valence-corrected chi connectivity index (χ1v) is 27.1. The van der Waals surface area contributed by atoms with Gasteiger partial charge in [-0.2, -0.15) is 4.94 Å². The summed E-state index contributed by atoms with van der Waals surface area (Å²) < 4.78 is 32.0. The van der Waals surface area contributed by atoms with Gasteiger partial charge in [0.2, 0.25) is 24.1 Å². The summed E-state index contributed by atoms with van der Waals surface area (Å²) in [4.78, 5) is 92.6. The van der Waals surface area contributed by atoms with Crippen molar-refractivity contribution in [1.29, 1.82) is 0 Å². The van der Waals surface area contributed by atoms with E-state index in [1.165, 1.54) is 63.1 Å². The molecule has 0 aliphatic carbocycles. The number of hydrogen-bond donors (Lipinski definition) is 9. The second-order valence-electron chi connectivity index (χ2n) is 16.9. The molecule has 0 saturated carbocycles. The number of carbonyl (C=O) groups is 7. The number of aromatic amines is 1. The van der Waals surface area contributed by atoms with Crippen molar-refractivity contribution in [2.24, 2.45) is 11.5 Å². The maximum atomic E-state index is 11.9. The molecule has 1 heterocycles. The molecule has 0 saturated heterocycles. The number of carboxylic acids is 2. The van der Waals surface area contributed by atoms with Crippen LogP contribution in [0, 0.1) is 0 Å². The Morgan fingerprint density at radius 3 is 1.84 bits per heavy atom. The van der Waals surface area contributed by atoms with Gasteiger partial charge in [0.15, 0.2) is 7.85 Å². The third kappa shape index (κ3) is 58.1. The van der Waals surface area contributed by atoms with Crippen molar-refractivity contribution < 1.29 is 98.1 Å². The number of unbranched alkanes of at least 4 members (excludes halogenated alkanes) is 13. The van der Waals surface area contributed by atoms with Gasteiger partial charge in [0.25, 0.3) is 5.97 Å². The molecule has 0 spiro atoms. The second-order valence-corrected chi connectivity index (χ2v) is 17.9. The van der Waals surface area contributed by atoms with E-state index in [-0.39, 0.29) is 102 Å². The zero-order valence-electron chi connectivity index (χ0n) is 44.5. The summed E-state index contributed by atoms with van der Waals surface area (Å²) in [5, 5.41) is 28.3. The molecule has 0 bridgehead atoms. The fourth-order valence-electron chi connectivity index (χ4n) is 6.17. The fourth-order valence-corrected chi connectivity index (χ4v) is 6.99. The first-order valence-electron chi connectivity index (χ1n) is 25.9. The third-order valence-electron chi connectivity index (χ3n) is 10.2. The number of aromatic nitrogens is 2. The van der Waals surface area contributed by atoms with E-state index in [1.807, 2.05) is 6.92 Å². The van der Waals surface area contributed by atoms with Gasteiger partial charge >= 0.3 is 5.97 Å². The molecule has 3 unspecified atom stereocenters. The monoisotopic (exact) mass is 1280 g/mol. The zero-order chi connectivity index (χ0) is 55.8. The number of thioether (sulfide) groups is 1. The van der Waals surface area contributed by atoms with Crippen LogP contribution in [-0.2, 0) is 89.8 Å². The molecule has 1 aromatic heterocycles. The van der Waals surface area contributed by atoms with Crippen LogP contribution in [0.5, 0.6) is 0 Å². The van der Waals surface area contributed by atoms with Crippen LogP contribution in [0.15, 0.2) is 12.5 Å². The minimum absolute atomic E-state index is 0. The Hall–Kier alpha value is -3.63. The smallest absolute Gasteiger partial charge is 0.303 e. The Labute approximate surface area is 468 Å². The molecule has 4 amide bonds.